The fraction of sp³-hybridized carbons (Fsp3) is 0.300. The molecule has 2 aromatic rings. The van der Waals surface area contributed by atoms with Crippen molar-refractivity contribution in [3.05, 3.63) is 65.7 Å². The van der Waals surface area contributed by atoms with Gasteiger partial charge in [0.05, 0.1) is 23.8 Å². The number of hydrogen-bond acceptors (Lipinski definition) is 3. The number of aliphatic hydroxyl groups excluding tert-OH is 1. The Morgan fingerprint density at radius 3 is 2.24 bits per heavy atom. The van der Waals surface area contributed by atoms with Crippen molar-refractivity contribution in [2.24, 2.45) is 0 Å². The normalized spacial score (nSPS) is 12.3. The number of hydrogen-bond donors (Lipinski definition) is 3. The predicted molar refractivity (Wildman–Crippen MR) is 98.3 cm³/mol. The zero-order valence-electron chi connectivity index (χ0n) is 14.7. The van der Waals surface area contributed by atoms with E-state index in [1.807, 2.05) is 39.0 Å². The lowest BCUT2D eigenvalue weighted by atomic mass is 10.1. The van der Waals surface area contributed by atoms with Crippen LogP contribution in [0.15, 0.2) is 54.6 Å². The van der Waals surface area contributed by atoms with Crippen LogP contribution in [0.4, 0.5) is 5.69 Å². The summed E-state index contributed by atoms with van der Waals surface area (Å²) < 4.78 is 0. The molecule has 1 atom stereocenters. The second-order valence-corrected chi connectivity index (χ2v) is 6.93. The van der Waals surface area contributed by atoms with E-state index in [0.717, 1.165) is 0 Å². The number of rotatable bonds is 5. The van der Waals surface area contributed by atoms with Crippen LogP contribution < -0.4 is 10.6 Å². The van der Waals surface area contributed by atoms with Gasteiger partial charge in [0.15, 0.2) is 0 Å². The van der Waals surface area contributed by atoms with Crippen molar-refractivity contribution in [3.63, 3.8) is 0 Å². The number of aliphatic hydroxyl groups is 1. The Morgan fingerprint density at radius 1 is 1.00 bits per heavy atom. The Balaban J connectivity index is 2.07. The fourth-order valence-electron chi connectivity index (χ4n) is 2.37. The zero-order chi connectivity index (χ0) is 18.4. The molecule has 5 heteroatoms. The van der Waals surface area contributed by atoms with Gasteiger partial charge < -0.3 is 15.7 Å². The van der Waals surface area contributed by atoms with Crippen LogP contribution in [0.3, 0.4) is 0 Å². The Hall–Kier alpha value is -2.66. The molecule has 2 aromatic carbocycles. The van der Waals surface area contributed by atoms with Crippen LogP contribution in [0.2, 0.25) is 0 Å². The van der Waals surface area contributed by atoms with Gasteiger partial charge in [0.25, 0.3) is 5.91 Å². The van der Waals surface area contributed by atoms with E-state index in [4.69, 9.17) is 0 Å². The van der Waals surface area contributed by atoms with Crippen LogP contribution in [0.1, 0.15) is 49.2 Å². The molecule has 0 saturated heterocycles. The summed E-state index contributed by atoms with van der Waals surface area (Å²) in [5.41, 5.74) is 1.11. The van der Waals surface area contributed by atoms with Crippen molar-refractivity contribution in [3.8, 4) is 0 Å². The maximum atomic E-state index is 12.4. The van der Waals surface area contributed by atoms with Gasteiger partial charge >= 0.3 is 0 Å². The molecule has 132 valence electrons. The number of amides is 2. The Morgan fingerprint density at radius 2 is 1.60 bits per heavy atom. The summed E-state index contributed by atoms with van der Waals surface area (Å²) in [5.74, 6) is -0.612. The summed E-state index contributed by atoms with van der Waals surface area (Å²) in [4.78, 5) is 24.6. The molecular formula is C20H24N2O3. The van der Waals surface area contributed by atoms with E-state index in [-0.39, 0.29) is 23.8 Å². The molecule has 0 heterocycles. The summed E-state index contributed by atoms with van der Waals surface area (Å²) in [6, 6.07) is 15.8. The summed E-state index contributed by atoms with van der Waals surface area (Å²) in [5, 5.41) is 15.8. The van der Waals surface area contributed by atoms with Crippen LogP contribution in [0.25, 0.3) is 0 Å². The van der Waals surface area contributed by atoms with Gasteiger partial charge in [-0.25, -0.2) is 0 Å². The van der Waals surface area contributed by atoms with E-state index in [0.29, 0.717) is 16.8 Å². The molecule has 0 radical (unpaired) electrons. The lowest BCUT2D eigenvalue weighted by molar-refractivity contribution is -0.118. The zero-order valence-corrected chi connectivity index (χ0v) is 14.7. The Kier molecular flexibility index (Phi) is 5.93. The highest BCUT2D eigenvalue weighted by molar-refractivity contribution is 6.04. The second kappa shape index (κ2) is 7.94. The standard InChI is InChI=1S/C20H24N2O3/c1-20(2,3)22-19(25)15-11-7-8-12-16(15)21-18(24)13-17(23)14-9-5-4-6-10-14/h4-12,17,23H,13H2,1-3H3,(H,21,24)(H,22,25). The number of nitrogens with one attached hydrogen (secondary N) is 2. The monoisotopic (exact) mass is 340 g/mol. The Labute approximate surface area is 148 Å². The summed E-state index contributed by atoms with van der Waals surface area (Å²) in [6.07, 6.45) is -0.976. The minimum absolute atomic E-state index is 0.0841. The average molecular weight is 340 g/mol. The lowest BCUT2D eigenvalue weighted by Gasteiger charge is -2.21. The van der Waals surface area contributed by atoms with Crippen LogP contribution in [0, 0.1) is 0 Å². The van der Waals surface area contributed by atoms with Crippen LogP contribution in [0.5, 0.6) is 0 Å². The largest absolute Gasteiger partial charge is 0.388 e. The number of anilines is 1. The van der Waals surface area contributed by atoms with Gasteiger partial charge in [-0.2, -0.15) is 0 Å². The molecule has 0 saturated carbocycles. The van der Waals surface area contributed by atoms with Crippen LogP contribution in [-0.4, -0.2) is 22.5 Å². The maximum Gasteiger partial charge on any atom is 0.253 e. The van der Waals surface area contributed by atoms with Gasteiger partial charge in [-0.15, -0.1) is 0 Å². The van der Waals surface area contributed by atoms with E-state index in [1.54, 1.807) is 36.4 Å². The van der Waals surface area contributed by atoms with Crippen molar-refractivity contribution in [2.45, 2.75) is 38.8 Å². The number of para-hydroxylation sites is 1. The van der Waals surface area contributed by atoms with E-state index >= 15 is 0 Å². The minimum Gasteiger partial charge on any atom is -0.388 e. The summed E-state index contributed by atoms with van der Waals surface area (Å²) in [7, 11) is 0. The van der Waals surface area contributed by atoms with Crippen molar-refractivity contribution < 1.29 is 14.7 Å². The molecule has 0 spiro atoms. The first kappa shape index (κ1) is 18.7. The third-order valence-corrected chi connectivity index (χ3v) is 3.50. The van der Waals surface area contributed by atoms with Gasteiger partial charge in [0.1, 0.15) is 0 Å². The smallest absolute Gasteiger partial charge is 0.253 e. The van der Waals surface area contributed by atoms with Crippen molar-refractivity contribution in [1.29, 1.82) is 0 Å². The quantitative estimate of drug-likeness (QED) is 0.781. The topological polar surface area (TPSA) is 78.4 Å². The van der Waals surface area contributed by atoms with Crippen LogP contribution >= 0.6 is 0 Å². The van der Waals surface area contributed by atoms with E-state index < -0.39 is 6.10 Å². The highest BCUT2D eigenvalue weighted by Gasteiger charge is 2.19. The fourth-order valence-corrected chi connectivity index (χ4v) is 2.37. The minimum atomic E-state index is -0.892. The number of carbonyl (C=O) groups is 2. The second-order valence-electron chi connectivity index (χ2n) is 6.93. The van der Waals surface area contributed by atoms with Gasteiger partial charge in [0.2, 0.25) is 5.91 Å². The molecule has 2 amide bonds. The molecule has 0 aliphatic heterocycles. The molecule has 5 nitrogen and oxygen atoms in total. The molecule has 0 aromatic heterocycles. The third-order valence-electron chi connectivity index (χ3n) is 3.50. The molecular weight excluding hydrogens is 316 g/mol. The van der Waals surface area contributed by atoms with Crippen molar-refractivity contribution in [2.75, 3.05) is 5.32 Å². The predicted octanol–water partition coefficient (Wildman–Crippen LogP) is 3.28. The highest BCUT2D eigenvalue weighted by atomic mass is 16.3. The first-order valence-corrected chi connectivity index (χ1v) is 8.20. The molecule has 1 unspecified atom stereocenters. The molecule has 0 aliphatic carbocycles. The van der Waals surface area contributed by atoms with Gasteiger partial charge in [-0.3, -0.25) is 9.59 Å². The van der Waals surface area contributed by atoms with Crippen molar-refractivity contribution in [1.82, 2.24) is 5.32 Å². The van der Waals surface area contributed by atoms with E-state index in [2.05, 4.69) is 10.6 Å². The first-order valence-electron chi connectivity index (χ1n) is 8.20. The third kappa shape index (κ3) is 5.72. The van der Waals surface area contributed by atoms with E-state index in [9.17, 15) is 14.7 Å². The number of carbonyl (C=O) groups excluding carboxylic acids is 2. The molecule has 3 N–H and O–H groups in total. The molecule has 0 fully saturated rings. The number of benzene rings is 2. The van der Waals surface area contributed by atoms with E-state index in [1.165, 1.54) is 0 Å². The molecule has 0 bridgehead atoms. The van der Waals surface area contributed by atoms with Crippen LogP contribution in [-0.2, 0) is 4.79 Å². The van der Waals surface area contributed by atoms with Gasteiger partial charge in [-0.05, 0) is 38.5 Å². The average Bonchev–Trinajstić information content (AvgIpc) is 2.54. The van der Waals surface area contributed by atoms with Gasteiger partial charge in [-0.1, -0.05) is 42.5 Å². The highest BCUT2D eigenvalue weighted by Crippen LogP contribution is 2.20. The van der Waals surface area contributed by atoms with Crippen molar-refractivity contribution >= 4 is 17.5 Å². The molecule has 0 aliphatic rings. The first-order chi connectivity index (χ1) is 11.8. The molecule has 2 rings (SSSR count). The maximum absolute atomic E-state index is 12.4. The lowest BCUT2D eigenvalue weighted by Crippen LogP contribution is -2.40. The molecule has 25 heavy (non-hydrogen) atoms. The summed E-state index contributed by atoms with van der Waals surface area (Å²) >= 11 is 0. The van der Waals surface area contributed by atoms with Gasteiger partial charge in [0, 0.05) is 5.54 Å². The SMILES string of the molecule is CC(C)(C)NC(=O)c1ccccc1NC(=O)CC(O)c1ccccc1. The Bertz CT molecular complexity index is 736. The summed E-state index contributed by atoms with van der Waals surface area (Å²) in [6.45, 7) is 5.67.